The van der Waals surface area contributed by atoms with Gasteiger partial charge in [0, 0.05) is 18.8 Å². The Morgan fingerprint density at radius 2 is 1.71 bits per heavy atom. The van der Waals surface area contributed by atoms with Crippen LogP contribution in [0.5, 0.6) is 5.75 Å². The largest absolute Gasteiger partial charge is 0.496 e. The fraction of sp³-hybridized carbons (Fsp3) is 0.261. The third-order valence-corrected chi connectivity index (χ3v) is 5.21. The Labute approximate surface area is 163 Å². The van der Waals surface area contributed by atoms with Crippen molar-refractivity contribution in [1.29, 1.82) is 0 Å². The molecule has 0 bridgehead atoms. The fourth-order valence-electron chi connectivity index (χ4n) is 3.74. The molecule has 0 spiro atoms. The minimum atomic E-state index is -0.326. The Hall–Kier alpha value is -3.08. The van der Waals surface area contributed by atoms with Crippen LogP contribution in [-0.2, 0) is 0 Å². The molecule has 28 heavy (non-hydrogen) atoms. The zero-order valence-electron chi connectivity index (χ0n) is 15.9. The number of ether oxygens (including phenoxy) is 1. The molecule has 3 aromatic rings. The van der Waals surface area contributed by atoms with E-state index < -0.39 is 0 Å². The van der Waals surface area contributed by atoms with Crippen molar-refractivity contribution >= 4 is 28.1 Å². The molecule has 0 atom stereocenters. The van der Waals surface area contributed by atoms with E-state index in [-0.39, 0.29) is 11.7 Å². The van der Waals surface area contributed by atoms with E-state index in [0.717, 1.165) is 36.7 Å². The summed E-state index contributed by atoms with van der Waals surface area (Å²) in [4.78, 5) is 14.9. The number of anilines is 2. The van der Waals surface area contributed by atoms with Gasteiger partial charge in [0.1, 0.15) is 11.6 Å². The van der Waals surface area contributed by atoms with Crippen molar-refractivity contribution in [2.75, 3.05) is 30.4 Å². The van der Waals surface area contributed by atoms with Crippen molar-refractivity contribution < 1.29 is 13.9 Å². The highest BCUT2D eigenvalue weighted by molar-refractivity contribution is 6.08. The van der Waals surface area contributed by atoms with Gasteiger partial charge in [-0.05, 0) is 60.4 Å². The van der Waals surface area contributed by atoms with E-state index in [4.69, 9.17) is 4.74 Å². The van der Waals surface area contributed by atoms with E-state index in [2.05, 4.69) is 10.2 Å². The van der Waals surface area contributed by atoms with Crippen molar-refractivity contribution in [2.24, 2.45) is 0 Å². The summed E-state index contributed by atoms with van der Waals surface area (Å²) in [7, 11) is 1.54. The normalized spacial score (nSPS) is 14.1. The summed E-state index contributed by atoms with van der Waals surface area (Å²) < 4.78 is 20.0. The smallest absolute Gasteiger partial charge is 0.259 e. The van der Waals surface area contributed by atoms with Gasteiger partial charge >= 0.3 is 0 Å². The lowest BCUT2D eigenvalue weighted by molar-refractivity contribution is 0.102. The van der Waals surface area contributed by atoms with Crippen LogP contribution < -0.4 is 15.0 Å². The molecule has 1 aliphatic heterocycles. The van der Waals surface area contributed by atoms with Gasteiger partial charge in [-0.3, -0.25) is 4.79 Å². The molecule has 0 aromatic heterocycles. The number of fused-ring (bicyclic) bond motifs is 1. The van der Waals surface area contributed by atoms with Crippen molar-refractivity contribution in [2.45, 2.75) is 19.3 Å². The van der Waals surface area contributed by atoms with Crippen LogP contribution in [0, 0.1) is 5.82 Å². The molecule has 1 aliphatic rings. The number of carbonyl (C=O) groups excluding carboxylic acids is 1. The molecule has 0 radical (unpaired) electrons. The van der Waals surface area contributed by atoms with E-state index in [1.165, 1.54) is 19.6 Å². The Kier molecular flexibility index (Phi) is 5.15. The summed E-state index contributed by atoms with van der Waals surface area (Å²) in [5.74, 6) is -0.153. The average Bonchev–Trinajstić information content (AvgIpc) is 2.73. The summed E-state index contributed by atoms with van der Waals surface area (Å²) in [6.07, 6.45) is 3.36. The van der Waals surface area contributed by atoms with Gasteiger partial charge in [0.05, 0.1) is 18.4 Å². The molecule has 0 aliphatic carbocycles. The number of rotatable bonds is 4. The second kappa shape index (κ2) is 7.89. The maximum Gasteiger partial charge on any atom is 0.259 e. The molecule has 0 saturated carbocycles. The third kappa shape index (κ3) is 3.65. The van der Waals surface area contributed by atoms with Crippen LogP contribution in [0.25, 0.3) is 10.8 Å². The molecular weight excluding hydrogens is 355 g/mol. The van der Waals surface area contributed by atoms with E-state index in [9.17, 15) is 9.18 Å². The van der Waals surface area contributed by atoms with Crippen LogP contribution in [-0.4, -0.2) is 26.1 Å². The van der Waals surface area contributed by atoms with Gasteiger partial charge in [0.2, 0.25) is 0 Å². The van der Waals surface area contributed by atoms with Gasteiger partial charge in [-0.15, -0.1) is 0 Å². The lowest BCUT2D eigenvalue weighted by atomic mass is 10.1. The van der Waals surface area contributed by atoms with E-state index >= 15 is 0 Å². The number of amides is 1. The third-order valence-electron chi connectivity index (χ3n) is 5.21. The van der Waals surface area contributed by atoms with Crippen molar-refractivity contribution in [3.63, 3.8) is 0 Å². The maximum absolute atomic E-state index is 14.6. The van der Waals surface area contributed by atoms with Crippen molar-refractivity contribution in [3.05, 3.63) is 66.0 Å². The summed E-state index contributed by atoms with van der Waals surface area (Å²) in [6, 6.07) is 16.3. The second-order valence-corrected chi connectivity index (χ2v) is 7.07. The number of hydrogen-bond acceptors (Lipinski definition) is 3. The highest BCUT2D eigenvalue weighted by atomic mass is 19.1. The molecule has 1 amide bonds. The second-order valence-electron chi connectivity index (χ2n) is 7.07. The molecule has 5 heteroatoms. The Balaban J connectivity index is 1.58. The lowest BCUT2D eigenvalue weighted by Crippen LogP contribution is -2.30. The Morgan fingerprint density at radius 1 is 1.00 bits per heavy atom. The highest BCUT2D eigenvalue weighted by Crippen LogP contribution is 2.29. The summed E-state index contributed by atoms with van der Waals surface area (Å²) in [5.41, 5.74) is 1.45. The molecule has 144 valence electrons. The summed E-state index contributed by atoms with van der Waals surface area (Å²) in [6.45, 7) is 1.74. The minimum absolute atomic E-state index is 0.315. The molecule has 3 aromatic carbocycles. The predicted molar refractivity (Wildman–Crippen MR) is 111 cm³/mol. The molecule has 4 nitrogen and oxygen atoms in total. The molecule has 1 heterocycles. The predicted octanol–water partition coefficient (Wildman–Crippen LogP) is 5.23. The van der Waals surface area contributed by atoms with Crippen molar-refractivity contribution in [3.8, 4) is 5.75 Å². The SMILES string of the molecule is COc1cc2ccccc2cc1C(=O)Nc1ccc(N2CCCCC2)c(F)c1. The maximum atomic E-state index is 14.6. The monoisotopic (exact) mass is 378 g/mol. The first-order valence-corrected chi connectivity index (χ1v) is 9.58. The number of halogens is 1. The van der Waals surface area contributed by atoms with E-state index in [0.29, 0.717) is 22.7 Å². The summed E-state index contributed by atoms with van der Waals surface area (Å²) in [5, 5.41) is 4.73. The number of nitrogens with zero attached hydrogens (tertiary/aromatic N) is 1. The van der Waals surface area contributed by atoms with Crippen LogP contribution in [0.2, 0.25) is 0 Å². The summed E-state index contributed by atoms with van der Waals surface area (Å²) >= 11 is 0. The van der Waals surface area contributed by atoms with Crippen LogP contribution >= 0.6 is 0 Å². The molecule has 1 saturated heterocycles. The van der Waals surface area contributed by atoms with Gasteiger partial charge in [-0.1, -0.05) is 24.3 Å². The Bertz CT molecular complexity index is 1010. The quantitative estimate of drug-likeness (QED) is 0.676. The fourth-order valence-corrected chi connectivity index (χ4v) is 3.74. The van der Waals surface area contributed by atoms with Crippen LogP contribution in [0.1, 0.15) is 29.6 Å². The first-order chi connectivity index (χ1) is 13.7. The standard InChI is InChI=1S/C23H23FN2O2/c1-28-22-14-17-8-4-3-7-16(17)13-19(22)23(27)25-18-9-10-21(20(24)15-18)26-11-5-2-6-12-26/h3-4,7-10,13-15H,2,5-6,11-12H2,1H3,(H,25,27). The zero-order valence-corrected chi connectivity index (χ0v) is 15.9. The van der Waals surface area contributed by atoms with Crippen molar-refractivity contribution in [1.82, 2.24) is 0 Å². The lowest BCUT2D eigenvalue weighted by Gasteiger charge is -2.29. The van der Waals surface area contributed by atoms with Gasteiger partial charge in [0.25, 0.3) is 5.91 Å². The number of piperidine rings is 1. The van der Waals surface area contributed by atoms with Crippen LogP contribution in [0.15, 0.2) is 54.6 Å². The van der Waals surface area contributed by atoms with E-state index in [1.807, 2.05) is 30.3 Å². The first-order valence-electron chi connectivity index (χ1n) is 9.58. The molecular formula is C23H23FN2O2. The first kappa shape index (κ1) is 18.3. The number of hydrogen-bond donors (Lipinski definition) is 1. The Morgan fingerprint density at radius 3 is 2.39 bits per heavy atom. The number of carbonyl (C=O) groups is 1. The number of nitrogens with one attached hydrogen (secondary N) is 1. The average molecular weight is 378 g/mol. The van der Waals surface area contributed by atoms with Gasteiger partial charge in [0.15, 0.2) is 0 Å². The van der Waals surface area contributed by atoms with Crippen LogP contribution in [0.4, 0.5) is 15.8 Å². The molecule has 4 rings (SSSR count). The molecule has 1 N–H and O–H groups in total. The zero-order chi connectivity index (χ0) is 19.5. The topological polar surface area (TPSA) is 41.6 Å². The van der Waals surface area contributed by atoms with E-state index in [1.54, 1.807) is 18.2 Å². The van der Waals surface area contributed by atoms with Gasteiger partial charge in [-0.25, -0.2) is 4.39 Å². The van der Waals surface area contributed by atoms with Gasteiger partial charge < -0.3 is 15.0 Å². The molecule has 0 unspecified atom stereocenters. The van der Waals surface area contributed by atoms with Gasteiger partial charge in [-0.2, -0.15) is 0 Å². The molecule has 1 fully saturated rings. The minimum Gasteiger partial charge on any atom is -0.496 e. The number of benzene rings is 3. The van der Waals surface area contributed by atoms with Crippen LogP contribution in [0.3, 0.4) is 0 Å². The highest BCUT2D eigenvalue weighted by Gasteiger charge is 2.17. The number of methoxy groups -OCH3 is 1.